The van der Waals surface area contributed by atoms with Crippen molar-refractivity contribution in [2.75, 3.05) is 0 Å². The number of aliphatic hydroxyl groups is 1. The maximum absolute atomic E-state index is 10.6. The third kappa shape index (κ3) is 2.95. The lowest BCUT2D eigenvalue weighted by Gasteiger charge is -2.35. The van der Waals surface area contributed by atoms with Crippen molar-refractivity contribution < 1.29 is 5.11 Å². The number of aliphatic hydroxyl groups excluding tert-OH is 1. The standard InChI is InChI=1S/C17H26O/c1-11-7-12(2)9-16(8-11)17(18)15-6-5-13(3)14(4)10-15/h7-9,13-15,17-18H,5-6,10H2,1-4H3. The minimum Gasteiger partial charge on any atom is -0.388 e. The molecule has 100 valence electrons. The van der Waals surface area contributed by atoms with Crippen LogP contribution >= 0.6 is 0 Å². The van der Waals surface area contributed by atoms with Gasteiger partial charge in [0.05, 0.1) is 6.10 Å². The lowest BCUT2D eigenvalue weighted by Crippen LogP contribution is -2.25. The number of aryl methyl sites for hydroxylation is 2. The van der Waals surface area contributed by atoms with Gasteiger partial charge in [-0.15, -0.1) is 0 Å². The second kappa shape index (κ2) is 5.44. The molecule has 0 saturated heterocycles. The van der Waals surface area contributed by atoms with E-state index in [1.807, 2.05) is 0 Å². The zero-order valence-corrected chi connectivity index (χ0v) is 12.1. The SMILES string of the molecule is Cc1cc(C)cc(C(O)C2CCC(C)C(C)C2)c1. The molecule has 0 heterocycles. The van der Waals surface area contributed by atoms with Gasteiger partial charge in [0.1, 0.15) is 0 Å². The van der Waals surface area contributed by atoms with Crippen LogP contribution in [0.3, 0.4) is 0 Å². The first kappa shape index (κ1) is 13.6. The molecule has 0 amide bonds. The van der Waals surface area contributed by atoms with Crippen molar-refractivity contribution in [2.24, 2.45) is 17.8 Å². The Balaban J connectivity index is 2.13. The predicted octanol–water partition coefficient (Wildman–Crippen LogP) is 4.41. The molecule has 4 atom stereocenters. The molecule has 0 spiro atoms. The van der Waals surface area contributed by atoms with E-state index in [-0.39, 0.29) is 6.10 Å². The molecule has 2 rings (SSSR count). The third-order valence-electron chi connectivity index (χ3n) is 4.67. The summed E-state index contributed by atoms with van der Waals surface area (Å²) in [6, 6.07) is 6.45. The molecular formula is C17H26O. The summed E-state index contributed by atoms with van der Waals surface area (Å²) in [6.45, 7) is 8.87. The minimum atomic E-state index is -0.279. The van der Waals surface area contributed by atoms with Crippen LogP contribution in [0.5, 0.6) is 0 Å². The van der Waals surface area contributed by atoms with Crippen molar-refractivity contribution in [3.05, 3.63) is 34.9 Å². The van der Waals surface area contributed by atoms with Crippen LogP contribution in [0.1, 0.15) is 55.9 Å². The van der Waals surface area contributed by atoms with E-state index in [9.17, 15) is 5.11 Å². The summed E-state index contributed by atoms with van der Waals surface area (Å²) in [6.07, 6.45) is 3.31. The van der Waals surface area contributed by atoms with Crippen LogP contribution in [0, 0.1) is 31.6 Å². The largest absolute Gasteiger partial charge is 0.388 e. The average Bonchev–Trinajstić information content (AvgIpc) is 2.30. The monoisotopic (exact) mass is 246 g/mol. The molecule has 1 nitrogen and oxygen atoms in total. The van der Waals surface area contributed by atoms with Crippen LogP contribution < -0.4 is 0 Å². The van der Waals surface area contributed by atoms with E-state index in [4.69, 9.17) is 0 Å². The van der Waals surface area contributed by atoms with Crippen molar-refractivity contribution in [2.45, 2.75) is 53.1 Å². The summed E-state index contributed by atoms with van der Waals surface area (Å²) in [4.78, 5) is 0. The second-order valence-corrected chi connectivity index (χ2v) is 6.39. The Morgan fingerprint density at radius 3 is 2.17 bits per heavy atom. The van der Waals surface area contributed by atoms with Crippen molar-refractivity contribution >= 4 is 0 Å². The fourth-order valence-corrected chi connectivity index (χ4v) is 3.33. The highest BCUT2D eigenvalue weighted by atomic mass is 16.3. The zero-order valence-electron chi connectivity index (χ0n) is 12.1. The van der Waals surface area contributed by atoms with Gasteiger partial charge >= 0.3 is 0 Å². The Morgan fingerprint density at radius 1 is 1.00 bits per heavy atom. The summed E-state index contributed by atoms with van der Waals surface area (Å²) in [5.74, 6) is 1.99. The fourth-order valence-electron chi connectivity index (χ4n) is 3.33. The number of rotatable bonds is 2. The van der Waals surface area contributed by atoms with Crippen LogP contribution in [0.2, 0.25) is 0 Å². The van der Waals surface area contributed by atoms with Crippen molar-refractivity contribution in [3.63, 3.8) is 0 Å². The normalized spacial score (nSPS) is 30.2. The van der Waals surface area contributed by atoms with Gasteiger partial charge in [-0.2, -0.15) is 0 Å². The van der Waals surface area contributed by atoms with Crippen LogP contribution in [0.25, 0.3) is 0 Å². The lowest BCUT2D eigenvalue weighted by molar-refractivity contribution is 0.0560. The molecule has 1 fully saturated rings. The Hall–Kier alpha value is -0.820. The number of hydrogen-bond donors (Lipinski definition) is 1. The smallest absolute Gasteiger partial charge is 0.0818 e. The molecule has 4 unspecified atom stereocenters. The van der Waals surface area contributed by atoms with Gasteiger partial charge in [0.2, 0.25) is 0 Å². The van der Waals surface area contributed by atoms with Crippen LogP contribution in [-0.4, -0.2) is 5.11 Å². The molecule has 1 saturated carbocycles. The second-order valence-electron chi connectivity index (χ2n) is 6.39. The van der Waals surface area contributed by atoms with Gasteiger partial charge in [-0.05, 0) is 50.0 Å². The summed E-state index contributed by atoms with van der Waals surface area (Å²) in [5, 5.41) is 10.6. The molecule has 1 aliphatic carbocycles. The zero-order chi connectivity index (χ0) is 13.3. The molecule has 1 N–H and O–H groups in total. The Kier molecular flexibility index (Phi) is 4.11. The van der Waals surface area contributed by atoms with Gasteiger partial charge in [0, 0.05) is 0 Å². The van der Waals surface area contributed by atoms with Crippen molar-refractivity contribution in [1.29, 1.82) is 0 Å². The van der Waals surface area contributed by atoms with Crippen LogP contribution in [-0.2, 0) is 0 Å². The molecule has 1 aromatic rings. The molecule has 1 aliphatic rings. The fraction of sp³-hybridized carbons (Fsp3) is 0.647. The van der Waals surface area contributed by atoms with Gasteiger partial charge in [0.25, 0.3) is 0 Å². The van der Waals surface area contributed by atoms with Crippen LogP contribution in [0.15, 0.2) is 18.2 Å². The maximum atomic E-state index is 10.6. The van der Waals surface area contributed by atoms with E-state index in [0.717, 1.165) is 23.8 Å². The van der Waals surface area contributed by atoms with E-state index in [2.05, 4.69) is 45.9 Å². The van der Waals surface area contributed by atoms with Gasteiger partial charge < -0.3 is 5.11 Å². The molecule has 0 aromatic heterocycles. The Labute approximate surface area is 111 Å². The van der Waals surface area contributed by atoms with E-state index in [1.54, 1.807) is 0 Å². The lowest BCUT2D eigenvalue weighted by atomic mass is 9.73. The van der Waals surface area contributed by atoms with Crippen LogP contribution in [0.4, 0.5) is 0 Å². The van der Waals surface area contributed by atoms with Gasteiger partial charge in [-0.25, -0.2) is 0 Å². The third-order valence-corrected chi connectivity index (χ3v) is 4.67. The number of benzene rings is 1. The number of hydrogen-bond acceptors (Lipinski definition) is 1. The Bertz CT molecular complexity index is 390. The van der Waals surface area contributed by atoms with Gasteiger partial charge in [-0.3, -0.25) is 0 Å². The highest BCUT2D eigenvalue weighted by Gasteiger charge is 2.29. The first-order valence-electron chi connectivity index (χ1n) is 7.23. The molecule has 0 radical (unpaired) electrons. The molecular weight excluding hydrogens is 220 g/mol. The minimum absolute atomic E-state index is 0.279. The van der Waals surface area contributed by atoms with Gasteiger partial charge in [-0.1, -0.05) is 49.6 Å². The quantitative estimate of drug-likeness (QED) is 0.819. The summed E-state index contributed by atoms with van der Waals surface area (Å²) >= 11 is 0. The summed E-state index contributed by atoms with van der Waals surface area (Å²) in [7, 11) is 0. The average molecular weight is 246 g/mol. The highest BCUT2D eigenvalue weighted by molar-refractivity contribution is 5.30. The van der Waals surface area contributed by atoms with Crippen molar-refractivity contribution in [3.8, 4) is 0 Å². The van der Waals surface area contributed by atoms with E-state index < -0.39 is 0 Å². The summed E-state index contributed by atoms with van der Waals surface area (Å²) < 4.78 is 0. The van der Waals surface area contributed by atoms with Gasteiger partial charge in [0.15, 0.2) is 0 Å². The predicted molar refractivity (Wildman–Crippen MR) is 76.5 cm³/mol. The first-order valence-corrected chi connectivity index (χ1v) is 7.23. The molecule has 0 bridgehead atoms. The first-order chi connectivity index (χ1) is 8.47. The maximum Gasteiger partial charge on any atom is 0.0818 e. The molecule has 1 heteroatoms. The van der Waals surface area contributed by atoms with E-state index in [0.29, 0.717) is 5.92 Å². The molecule has 0 aliphatic heterocycles. The topological polar surface area (TPSA) is 20.2 Å². The Morgan fingerprint density at radius 2 is 1.61 bits per heavy atom. The molecule has 18 heavy (non-hydrogen) atoms. The van der Waals surface area contributed by atoms with E-state index in [1.165, 1.54) is 24.0 Å². The van der Waals surface area contributed by atoms with Crippen molar-refractivity contribution in [1.82, 2.24) is 0 Å². The van der Waals surface area contributed by atoms with E-state index >= 15 is 0 Å². The molecule has 1 aromatic carbocycles. The summed E-state index contributed by atoms with van der Waals surface area (Å²) in [5.41, 5.74) is 3.61. The highest BCUT2D eigenvalue weighted by Crippen LogP contribution is 2.40.